The van der Waals surface area contributed by atoms with Crippen molar-refractivity contribution in [1.82, 2.24) is 9.88 Å². The monoisotopic (exact) mass is 356 g/mol. The van der Waals surface area contributed by atoms with Gasteiger partial charge in [0, 0.05) is 35.2 Å². The van der Waals surface area contributed by atoms with Crippen LogP contribution in [0, 0.1) is 12.8 Å². The molecule has 1 aromatic rings. The van der Waals surface area contributed by atoms with E-state index < -0.39 is 5.60 Å². The summed E-state index contributed by atoms with van der Waals surface area (Å²) in [5, 5.41) is 0. The number of hydrogen-bond donors (Lipinski definition) is 0. The Balaban J connectivity index is 1.75. The molecular formula is C15H21BrN2O3. The lowest BCUT2D eigenvalue weighted by Gasteiger charge is -2.39. The molecule has 0 bridgehead atoms. The maximum atomic E-state index is 11.8. The molecule has 1 aliphatic rings. The molecule has 0 N–H and O–H groups in total. The van der Waals surface area contributed by atoms with E-state index in [4.69, 9.17) is 9.47 Å². The molecule has 1 saturated heterocycles. The Hall–Kier alpha value is -1.30. The van der Waals surface area contributed by atoms with Gasteiger partial charge >= 0.3 is 6.09 Å². The fraction of sp³-hybridized carbons (Fsp3) is 0.600. The number of halogens is 1. The van der Waals surface area contributed by atoms with Gasteiger partial charge in [-0.2, -0.15) is 0 Å². The van der Waals surface area contributed by atoms with Crippen LogP contribution in [0.3, 0.4) is 0 Å². The Morgan fingerprint density at radius 2 is 2.14 bits per heavy atom. The molecule has 0 saturated carbocycles. The van der Waals surface area contributed by atoms with E-state index in [1.165, 1.54) is 0 Å². The number of aryl methyl sites for hydroxylation is 1. The lowest BCUT2D eigenvalue weighted by Crippen LogP contribution is -2.53. The summed E-state index contributed by atoms with van der Waals surface area (Å²) in [5.41, 5.74) is 0.546. The molecule has 116 valence electrons. The van der Waals surface area contributed by atoms with Gasteiger partial charge in [0.25, 0.3) is 0 Å². The van der Waals surface area contributed by atoms with Gasteiger partial charge in [-0.15, -0.1) is 0 Å². The van der Waals surface area contributed by atoms with Crippen molar-refractivity contribution < 1.29 is 14.3 Å². The van der Waals surface area contributed by atoms with Crippen molar-refractivity contribution in [3.8, 4) is 5.88 Å². The number of hydrogen-bond acceptors (Lipinski definition) is 4. The first-order valence-corrected chi connectivity index (χ1v) is 7.77. The average Bonchev–Trinajstić information content (AvgIpc) is 2.27. The zero-order valence-corrected chi connectivity index (χ0v) is 14.4. The molecule has 21 heavy (non-hydrogen) atoms. The number of carbonyl (C=O) groups excluding carboxylic acids is 1. The van der Waals surface area contributed by atoms with E-state index in [1.807, 2.05) is 33.8 Å². The van der Waals surface area contributed by atoms with Gasteiger partial charge < -0.3 is 14.4 Å². The molecule has 0 spiro atoms. The normalized spacial score (nSPS) is 15.6. The molecule has 1 amide bonds. The largest absolute Gasteiger partial charge is 0.477 e. The lowest BCUT2D eigenvalue weighted by atomic mass is 10.0. The molecule has 1 aromatic heterocycles. The van der Waals surface area contributed by atoms with Crippen LogP contribution in [0.15, 0.2) is 16.7 Å². The number of aromatic nitrogens is 1. The molecule has 1 aliphatic heterocycles. The predicted molar refractivity (Wildman–Crippen MR) is 83.5 cm³/mol. The third-order valence-electron chi connectivity index (χ3n) is 3.06. The third kappa shape index (κ3) is 4.59. The van der Waals surface area contributed by atoms with Gasteiger partial charge in [-0.05, 0) is 49.7 Å². The summed E-state index contributed by atoms with van der Waals surface area (Å²) in [6.45, 7) is 9.47. The van der Waals surface area contributed by atoms with Crippen molar-refractivity contribution in [2.24, 2.45) is 5.92 Å². The van der Waals surface area contributed by atoms with E-state index >= 15 is 0 Å². The summed E-state index contributed by atoms with van der Waals surface area (Å²) in [7, 11) is 0. The van der Waals surface area contributed by atoms with Crippen LogP contribution in [0.5, 0.6) is 5.88 Å². The van der Waals surface area contributed by atoms with Crippen LogP contribution >= 0.6 is 15.9 Å². The minimum absolute atomic E-state index is 0.253. The minimum Gasteiger partial charge on any atom is -0.477 e. The highest BCUT2D eigenvalue weighted by Crippen LogP contribution is 2.23. The molecule has 5 nitrogen and oxygen atoms in total. The summed E-state index contributed by atoms with van der Waals surface area (Å²) >= 11 is 3.37. The average molecular weight is 357 g/mol. The molecule has 2 rings (SSSR count). The van der Waals surface area contributed by atoms with E-state index in [-0.39, 0.29) is 6.09 Å². The molecular weight excluding hydrogens is 336 g/mol. The number of amides is 1. The summed E-state index contributed by atoms with van der Waals surface area (Å²) in [6, 6.07) is 1.97. The van der Waals surface area contributed by atoms with Crippen LogP contribution in [-0.2, 0) is 4.74 Å². The fourth-order valence-electron chi connectivity index (χ4n) is 2.03. The maximum Gasteiger partial charge on any atom is 0.410 e. The van der Waals surface area contributed by atoms with Crippen LogP contribution in [0.4, 0.5) is 4.79 Å². The first kappa shape index (κ1) is 16.1. The van der Waals surface area contributed by atoms with Gasteiger partial charge in [0.1, 0.15) is 5.60 Å². The third-order valence-corrected chi connectivity index (χ3v) is 3.50. The van der Waals surface area contributed by atoms with Crippen molar-refractivity contribution in [3.63, 3.8) is 0 Å². The van der Waals surface area contributed by atoms with Crippen LogP contribution in [0.2, 0.25) is 0 Å². The van der Waals surface area contributed by atoms with E-state index in [1.54, 1.807) is 11.1 Å². The van der Waals surface area contributed by atoms with E-state index in [9.17, 15) is 4.79 Å². The fourth-order valence-corrected chi connectivity index (χ4v) is 2.47. The first-order valence-electron chi connectivity index (χ1n) is 6.97. The Morgan fingerprint density at radius 1 is 1.48 bits per heavy atom. The van der Waals surface area contributed by atoms with Crippen LogP contribution < -0.4 is 4.74 Å². The van der Waals surface area contributed by atoms with Crippen molar-refractivity contribution in [3.05, 3.63) is 22.3 Å². The van der Waals surface area contributed by atoms with Gasteiger partial charge in [-0.25, -0.2) is 9.78 Å². The van der Waals surface area contributed by atoms with E-state index in [2.05, 4.69) is 20.9 Å². The van der Waals surface area contributed by atoms with Crippen LogP contribution in [0.1, 0.15) is 26.3 Å². The SMILES string of the molecule is Cc1cc(Br)cnc1OCC1CN(C(=O)OC(C)(C)C)C1. The van der Waals surface area contributed by atoms with Gasteiger partial charge in [0.2, 0.25) is 5.88 Å². The standard InChI is InChI=1S/C15H21BrN2O3/c1-10-5-12(16)6-17-13(10)20-9-11-7-18(8-11)14(19)21-15(2,3)4/h5-6,11H,7-9H2,1-4H3. The van der Waals surface area contributed by atoms with Gasteiger partial charge in [0.15, 0.2) is 0 Å². The maximum absolute atomic E-state index is 11.8. The molecule has 0 unspecified atom stereocenters. The molecule has 6 heteroatoms. The second-order valence-electron chi connectivity index (χ2n) is 6.34. The van der Waals surface area contributed by atoms with Gasteiger partial charge in [-0.1, -0.05) is 0 Å². The smallest absolute Gasteiger partial charge is 0.410 e. The summed E-state index contributed by atoms with van der Waals surface area (Å²) < 4.78 is 12.0. The van der Waals surface area contributed by atoms with Crippen molar-refractivity contribution in [1.29, 1.82) is 0 Å². The summed E-state index contributed by atoms with van der Waals surface area (Å²) in [6.07, 6.45) is 1.47. The van der Waals surface area contributed by atoms with Gasteiger partial charge in [-0.3, -0.25) is 0 Å². The topological polar surface area (TPSA) is 51.7 Å². The molecule has 0 aromatic carbocycles. The Morgan fingerprint density at radius 3 is 2.71 bits per heavy atom. The van der Waals surface area contributed by atoms with Gasteiger partial charge in [0.05, 0.1) is 6.61 Å². The lowest BCUT2D eigenvalue weighted by molar-refractivity contribution is -0.00812. The molecule has 2 heterocycles. The highest BCUT2D eigenvalue weighted by atomic mass is 79.9. The number of pyridine rings is 1. The highest BCUT2D eigenvalue weighted by molar-refractivity contribution is 9.10. The minimum atomic E-state index is -0.447. The van der Waals surface area contributed by atoms with Crippen molar-refractivity contribution in [2.75, 3.05) is 19.7 Å². The summed E-state index contributed by atoms with van der Waals surface area (Å²) in [4.78, 5) is 17.7. The zero-order valence-electron chi connectivity index (χ0n) is 12.9. The second kappa shape index (κ2) is 6.22. The summed E-state index contributed by atoms with van der Waals surface area (Å²) in [5.74, 6) is 0.983. The highest BCUT2D eigenvalue weighted by Gasteiger charge is 2.34. The van der Waals surface area contributed by atoms with E-state index in [0.29, 0.717) is 31.5 Å². The number of likely N-dealkylation sites (tertiary alicyclic amines) is 1. The van der Waals surface area contributed by atoms with Crippen molar-refractivity contribution in [2.45, 2.75) is 33.3 Å². The first-order chi connectivity index (χ1) is 9.74. The number of rotatable bonds is 3. The van der Waals surface area contributed by atoms with E-state index in [0.717, 1.165) is 10.0 Å². The van der Waals surface area contributed by atoms with Crippen LogP contribution in [-0.4, -0.2) is 41.3 Å². The predicted octanol–water partition coefficient (Wildman–Crippen LogP) is 3.40. The molecule has 0 atom stereocenters. The molecule has 1 fully saturated rings. The zero-order chi connectivity index (χ0) is 15.6. The Kier molecular flexibility index (Phi) is 4.76. The Labute approximate surface area is 133 Å². The number of ether oxygens (including phenoxy) is 2. The molecule has 0 aliphatic carbocycles. The quantitative estimate of drug-likeness (QED) is 0.832. The van der Waals surface area contributed by atoms with Crippen molar-refractivity contribution >= 4 is 22.0 Å². The number of carbonyl (C=O) groups is 1. The Bertz CT molecular complexity index is 522. The van der Waals surface area contributed by atoms with Crippen LogP contribution in [0.25, 0.3) is 0 Å². The second-order valence-corrected chi connectivity index (χ2v) is 7.25. The molecule has 0 radical (unpaired) electrons. The number of nitrogens with zero attached hydrogens (tertiary/aromatic N) is 2.